The van der Waals surface area contributed by atoms with Crippen LogP contribution in [-0.2, 0) is 6.54 Å². The van der Waals surface area contributed by atoms with Gasteiger partial charge in [0.1, 0.15) is 0 Å². The SMILES string of the molecule is CN(Cc1cncs1)C1CCCCC1CN. The number of aromatic nitrogens is 1. The summed E-state index contributed by atoms with van der Waals surface area (Å²) in [7, 11) is 2.22. The van der Waals surface area contributed by atoms with Gasteiger partial charge >= 0.3 is 0 Å². The first-order valence-electron chi connectivity index (χ1n) is 6.09. The molecule has 1 heterocycles. The molecule has 4 heteroatoms. The van der Waals surface area contributed by atoms with Crippen LogP contribution < -0.4 is 5.73 Å². The van der Waals surface area contributed by atoms with Gasteiger partial charge in [-0.05, 0) is 32.4 Å². The van der Waals surface area contributed by atoms with E-state index in [0.717, 1.165) is 13.1 Å². The van der Waals surface area contributed by atoms with Crippen molar-refractivity contribution in [2.24, 2.45) is 11.7 Å². The van der Waals surface area contributed by atoms with Crippen LogP contribution in [0.4, 0.5) is 0 Å². The Morgan fingerprint density at radius 3 is 3.00 bits per heavy atom. The van der Waals surface area contributed by atoms with Gasteiger partial charge in [0.25, 0.3) is 0 Å². The second-order valence-corrected chi connectivity index (χ2v) is 5.70. The molecule has 0 bridgehead atoms. The lowest BCUT2D eigenvalue weighted by Crippen LogP contribution is -2.42. The van der Waals surface area contributed by atoms with Crippen molar-refractivity contribution in [2.45, 2.75) is 38.3 Å². The molecule has 1 aromatic rings. The number of nitrogens with two attached hydrogens (primary N) is 1. The smallest absolute Gasteiger partial charge is 0.0794 e. The van der Waals surface area contributed by atoms with E-state index in [9.17, 15) is 0 Å². The lowest BCUT2D eigenvalue weighted by atomic mass is 9.84. The molecule has 0 aromatic carbocycles. The van der Waals surface area contributed by atoms with Crippen molar-refractivity contribution in [3.8, 4) is 0 Å². The van der Waals surface area contributed by atoms with E-state index in [1.165, 1.54) is 30.6 Å². The highest BCUT2D eigenvalue weighted by atomic mass is 32.1. The summed E-state index contributed by atoms with van der Waals surface area (Å²) in [6.07, 6.45) is 7.29. The zero-order valence-corrected chi connectivity index (χ0v) is 10.7. The number of thiazole rings is 1. The Kier molecular flexibility index (Phi) is 4.32. The maximum absolute atomic E-state index is 5.87. The Morgan fingerprint density at radius 2 is 2.31 bits per heavy atom. The van der Waals surface area contributed by atoms with Gasteiger partial charge in [-0.2, -0.15) is 0 Å². The highest BCUT2D eigenvalue weighted by Crippen LogP contribution is 2.28. The average Bonchev–Trinajstić information content (AvgIpc) is 2.81. The van der Waals surface area contributed by atoms with Crippen molar-refractivity contribution < 1.29 is 0 Å². The molecule has 0 aliphatic heterocycles. The Labute approximate surface area is 102 Å². The summed E-state index contributed by atoms with van der Waals surface area (Å²) < 4.78 is 0. The first-order chi connectivity index (χ1) is 7.81. The predicted molar refractivity (Wildman–Crippen MR) is 68.4 cm³/mol. The van der Waals surface area contributed by atoms with E-state index in [-0.39, 0.29) is 0 Å². The maximum Gasteiger partial charge on any atom is 0.0794 e. The normalized spacial score (nSPS) is 26.2. The molecular formula is C12H21N3S. The molecule has 2 N–H and O–H groups in total. The van der Waals surface area contributed by atoms with Crippen molar-refractivity contribution in [3.05, 3.63) is 16.6 Å². The molecule has 2 rings (SSSR count). The van der Waals surface area contributed by atoms with E-state index < -0.39 is 0 Å². The van der Waals surface area contributed by atoms with Crippen LogP contribution >= 0.6 is 11.3 Å². The Bertz CT molecular complexity index is 299. The van der Waals surface area contributed by atoms with Crippen LogP contribution in [0.25, 0.3) is 0 Å². The van der Waals surface area contributed by atoms with Crippen LogP contribution in [0.3, 0.4) is 0 Å². The minimum atomic E-state index is 0.667. The lowest BCUT2D eigenvalue weighted by molar-refractivity contribution is 0.128. The maximum atomic E-state index is 5.87. The van der Waals surface area contributed by atoms with Gasteiger partial charge in [0, 0.05) is 23.7 Å². The molecule has 0 amide bonds. The van der Waals surface area contributed by atoms with Gasteiger partial charge in [-0.15, -0.1) is 11.3 Å². The van der Waals surface area contributed by atoms with Crippen LogP contribution in [-0.4, -0.2) is 29.5 Å². The van der Waals surface area contributed by atoms with Gasteiger partial charge in [-0.1, -0.05) is 12.8 Å². The van der Waals surface area contributed by atoms with Crippen LogP contribution in [0.15, 0.2) is 11.7 Å². The van der Waals surface area contributed by atoms with E-state index in [1.807, 2.05) is 11.7 Å². The Balaban J connectivity index is 1.94. The van der Waals surface area contributed by atoms with Gasteiger partial charge in [0.05, 0.1) is 5.51 Å². The second kappa shape index (κ2) is 5.75. The molecule has 1 aliphatic rings. The zero-order chi connectivity index (χ0) is 11.4. The van der Waals surface area contributed by atoms with E-state index in [0.29, 0.717) is 12.0 Å². The van der Waals surface area contributed by atoms with Crippen molar-refractivity contribution in [1.29, 1.82) is 0 Å². The highest BCUT2D eigenvalue weighted by molar-refractivity contribution is 7.09. The molecule has 16 heavy (non-hydrogen) atoms. The lowest BCUT2D eigenvalue weighted by Gasteiger charge is -2.37. The topological polar surface area (TPSA) is 42.2 Å². The molecular weight excluding hydrogens is 218 g/mol. The molecule has 1 aromatic heterocycles. The molecule has 1 fully saturated rings. The van der Waals surface area contributed by atoms with Crippen LogP contribution in [0.5, 0.6) is 0 Å². The minimum Gasteiger partial charge on any atom is -0.330 e. The van der Waals surface area contributed by atoms with Crippen molar-refractivity contribution in [1.82, 2.24) is 9.88 Å². The molecule has 2 unspecified atom stereocenters. The molecule has 3 nitrogen and oxygen atoms in total. The van der Waals surface area contributed by atoms with Gasteiger partial charge < -0.3 is 5.73 Å². The van der Waals surface area contributed by atoms with E-state index >= 15 is 0 Å². The van der Waals surface area contributed by atoms with Crippen LogP contribution in [0.2, 0.25) is 0 Å². The van der Waals surface area contributed by atoms with Gasteiger partial charge in [-0.25, -0.2) is 0 Å². The standard InChI is InChI=1S/C12H21N3S/c1-15(8-11-7-14-9-16-11)12-5-3-2-4-10(12)6-13/h7,9-10,12H,2-6,8,13H2,1H3. The van der Waals surface area contributed by atoms with Crippen molar-refractivity contribution >= 4 is 11.3 Å². The minimum absolute atomic E-state index is 0.667. The Morgan fingerprint density at radius 1 is 1.50 bits per heavy atom. The van der Waals surface area contributed by atoms with Crippen LogP contribution in [0, 0.1) is 5.92 Å². The number of hydrogen-bond donors (Lipinski definition) is 1. The quantitative estimate of drug-likeness (QED) is 0.875. The number of hydrogen-bond acceptors (Lipinski definition) is 4. The van der Waals surface area contributed by atoms with Gasteiger partial charge in [0.15, 0.2) is 0 Å². The number of nitrogens with zero attached hydrogens (tertiary/aromatic N) is 2. The molecule has 1 aliphatic carbocycles. The van der Waals surface area contributed by atoms with Crippen LogP contribution in [0.1, 0.15) is 30.6 Å². The summed E-state index contributed by atoms with van der Waals surface area (Å²) in [5.41, 5.74) is 7.78. The fourth-order valence-electron chi connectivity index (χ4n) is 2.73. The zero-order valence-electron chi connectivity index (χ0n) is 9.93. The van der Waals surface area contributed by atoms with Crippen molar-refractivity contribution in [3.63, 3.8) is 0 Å². The fraction of sp³-hybridized carbons (Fsp3) is 0.750. The average molecular weight is 239 g/mol. The summed E-state index contributed by atoms with van der Waals surface area (Å²) in [6.45, 7) is 1.85. The molecule has 1 saturated carbocycles. The summed E-state index contributed by atoms with van der Waals surface area (Å²) in [5, 5.41) is 0. The van der Waals surface area contributed by atoms with Gasteiger partial charge in [-0.3, -0.25) is 9.88 Å². The first-order valence-corrected chi connectivity index (χ1v) is 6.97. The second-order valence-electron chi connectivity index (χ2n) is 4.73. The summed E-state index contributed by atoms with van der Waals surface area (Å²) in [5.74, 6) is 0.687. The highest BCUT2D eigenvalue weighted by Gasteiger charge is 2.27. The molecule has 0 radical (unpaired) electrons. The van der Waals surface area contributed by atoms with Crippen molar-refractivity contribution in [2.75, 3.05) is 13.6 Å². The Hall–Kier alpha value is -0.450. The monoisotopic (exact) mass is 239 g/mol. The molecule has 0 saturated heterocycles. The predicted octanol–water partition coefficient (Wildman–Crippen LogP) is 2.09. The number of rotatable bonds is 4. The third-order valence-corrected chi connectivity index (χ3v) is 4.39. The molecule has 2 atom stereocenters. The van der Waals surface area contributed by atoms with E-state index in [4.69, 9.17) is 5.73 Å². The van der Waals surface area contributed by atoms with Gasteiger partial charge in [0.2, 0.25) is 0 Å². The molecule has 0 spiro atoms. The summed E-state index contributed by atoms with van der Waals surface area (Å²) in [6, 6.07) is 0.667. The largest absolute Gasteiger partial charge is 0.330 e. The summed E-state index contributed by atoms with van der Waals surface area (Å²) >= 11 is 1.74. The third-order valence-electron chi connectivity index (χ3n) is 3.63. The third kappa shape index (κ3) is 2.81. The fourth-order valence-corrected chi connectivity index (χ4v) is 3.38. The van der Waals surface area contributed by atoms with E-state index in [2.05, 4.69) is 16.9 Å². The van der Waals surface area contributed by atoms with E-state index in [1.54, 1.807) is 11.3 Å². The molecule has 90 valence electrons. The summed E-state index contributed by atoms with van der Waals surface area (Å²) in [4.78, 5) is 7.94. The first kappa shape index (κ1) is 12.0.